The summed E-state index contributed by atoms with van der Waals surface area (Å²) >= 11 is 0. The van der Waals surface area contributed by atoms with E-state index in [1.54, 1.807) is 29.7 Å². The van der Waals surface area contributed by atoms with Crippen molar-refractivity contribution in [2.75, 3.05) is 7.11 Å². The summed E-state index contributed by atoms with van der Waals surface area (Å²) in [6.45, 7) is 1.94. The maximum absolute atomic E-state index is 12.3. The second kappa shape index (κ2) is 6.57. The van der Waals surface area contributed by atoms with Gasteiger partial charge in [-0.05, 0) is 42.7 Å². The summed E-state index contributed by atoms with van der Waals surface area (Å²) in [7, 11) is 1.28. The minimum absolute atomic E-state index is 0.278. The number of carbonyl (C=O) groups is 2. The molecule has 0 aliphatic heterocycles. The Morgan fingerprint density at radius 3 is 2.64 bits per heavy atom. The number of rotatable bonds is 5. The molecule has 0 spiro atoms. The monoisotopic (exact) mass is 341 g/mol. The number of methoxy groups -OCH3 is 1. The maximum Gasteiger partial charge on any atom is 0.317 e. The van der Waals surface area contributed by atoms with E-state index in [-0.39, 0.29) is 6.42 Å². The third-order valence-corrected chi connectivity index (χ3v) is 4.61. The van der Waals surface area contributed by atoms with Crippen molar-refractivity contribution in [2.24, 2.45) is 5.92 Å². The van der Waals surface area contributed by atoms with E-state index < -0.39 is 23.2 Å². The molecule has 25 heavy (non-hydrogen) atoms. The molecule has 0 saturated heterocycles. The van der Waals surface area contributed by atoms with E-state index in [1.165, 1.54) is 7.11 Å². The number of nitrogens with one attached hydrogen (secondary N) is 1. The van der Waals surface area contributed by atoms with Crippen molar-refractivity contribution in [1.29, 1.82) is 0 Å². The zero-order chi connectivity index (χ0) is 18.0. The summed E-state index contributed by atoms with van der Waals surface area (Å²) in [6, 6.07) is 14.6. The average Bonchev–Trinajstić information content (AvgIpc) is 3.39. The molecule has 3 rings (SSSR count). The molecule has 2 aromatic carbocycles. The van der Waals surface area contributed by atoms with Crippen LogP contribution >= 0.6 is 0 Å². The smallest absolute Gasteiger partial charge is 0.317 e. The largest absolute Gasteiger partial charge is 0.468 e. The standard InChI is InChI=1S/C19H19NO5/c1-12-6-3-4-9-16(12)25-14-8-5-7-13(10-14)19(18(22)24-2)11-15(19)17(21)20-23/h3-10,15,23H,11H2,1-2H3,(H,20,21)/t15-,19-/m0/s1. The number of carbonyl (C=O) groups excluding carboxylic acids is 2. The van der Waals surface area contributed by atoms with E-state index in [0.29, 0.717) is 17.1 Å². The van der Waals surface area contributed by atoms with Crippen molar-refractivity contribution in [3.8, 4) is 11.5 Å². The first kappa shape index (κ1) is 17.0. The quantitative estimate of drug-likeness (QED) is 0.496. The number of hydrogen-bond acceptors (Lipinski definition) is 5. The molecule has 6 heteroatoms. The van der Waals surface area contributed by atoms with Crippen molar-refractivity contribution in [3.63, 3.8) is 0 Å². The minimum Gasteiger partial charge on any atom is -0.468 e. The number of para-hydroxylation sites is 1. The van der Waals surface area contributed by atoms with Crippen LogP contribution in [0.25, 0.3) is 0 Å². The van der Waals surface area contributed by atoms with Gasteiger partial charge in [-0.1, -0.05) is 30.3 Å². The van der Waals surface area contributed by atoms with Crippen LogP contribution in [0, 0.1) is 12.8 Å². The van der Waals surface area contributed by atoms with Gasteiger partial charge in [-0.3, -0.25) is 14.8 Å². The van der Waals surface area contributed by atoms with Crippen LogP contribution in [0.4, 0.5) is 0 Å². The zero-order valence-corrected chi connectivity index (χ0v) is 14.0. The molecule has 0 radical (unpaired) electrons. The van der Waals surface area contributed by atoms with Gasteiger partial charge < -0.3 is 9.47 Å². The SMILES string of the molecule is COC(=O)[C@]1(c2cccc(Oc3ccccc3C)c2)C[C@H]1C(=O)NO. The van der Waals surface area contributed by atoms with Gasteiger partial charge in [0, 0.05) is 0 Å². The van der Waals surface area contributed by atoms with Gasteiger partial charge in [-0.25, -0.2) is 5.48 Å². The van der Waals surface area contributed by atoms with E-state index in [9.17, 15) is 9.59 Å². The van der Waals surface area contributed by atoms with Crippen LogP contribution < -0.4 is 10.2 Å². The fourth-order valence-electron chi connectivity index (χ4n) is 3.14. The molecule has 1 saturated carbocycles. The normalized spacial score (nSPS) is 21.3. The third-order valence-electron chi connectivity index (χ3n) is 4.61. The van der Waals surface area contributed by atoms with Crippen molar-refractivity contribution in [1.82, 2.24) is 5.48 Å². The van der Waals surface area contributed by atoms with Crippen molar-refractivity contribution in [2.45, 2.75) is 18.8 Å². The number of hydrogen-bond donors (Lipinski definition) is 2. The highest BCUT2D eigenvalue weighted by Crippen LogP contribution is 2.55. The number of esters is 1. The topological polar surface area (TPSA) is 84.9 Å². The summed E-state index contributed by atoms with van der Waals surface area (Å²) in [6.07, 6.45) is 0.278. The Bertz CT molecular complexity index is 819. The van der Waals surface area contributed by atoms with Gasteiger partial charge in [0.05, 0.1) is 13.0 Å². The molecule has 0 bridgehead atoms. The fraction of sp³-hybridized carbons (Fsp3) is 0.263. The van der Waals surface area contributed by atoms with Crippen LogP contribution in [0.2, 0.25) is 0 Å². The Labute approximate surface area is 145 Å². The lowest BCUT2D eigenvalue weighted by Gasteiger charge is -2.16. The predicted octanol–water partition coefficient (Wildman–Crippen LogP) is 2.72. The Morgan fingerprint density at radius 1 is 1.20 bits per heavy atom. The van der Waals surface area contributed by atoms with Gasteiger partial charge in [0.25, 0.3) is 0 Å². The highest BCUT2D eigenvalue weighted by Gasteiger charge is 2.65. The predicted molar refractivity (Wildman–Crippen MR) is 89.4 cm³/mol. The minimum atomic E-state index is -1.09. The summed E-state index contributed by atoms with van der Waals surface area (Å²) in [5.41, 5.74) is 2.13. The van der Waals surface area contributed by atoms with Crippen molar-refractivity contribution >= 4 is 11.9 Å². The molecular weight excluding hydrogens is 322 g/mol. The first-order valence-electron chi connectivity index (χ1n) is 7.89. The van der Waals surface area contributed by atoms with Gasteiger partial charge in [0.1, 0.15) is 16.9 Å². The number of hydroxylamine groups is 1. The second-order valence-corrected chi connectivity index (χ2v) is 6.09. The highest BCUT2D eigenvalue weighted by molar-refractivity contribution is 5.97. The van der Waals surface area contributed by atoms with Crippen LogP contribution in [0.15, 0.2) is 48.5 Å². The molecule has 1 fully saturated rings. The van der Waals surface area contributed by atoms with E-state index >= 15 is 0 Å². The number of amides is 1. The lowest BCUT2D eigenvalue weighted by molar-refractivity contribution is -0.146. The number of ether oxygens (including phenoxy) is 2. The first-order valence-corrected chi connectivity index (χ1v) is 7.89. The number of benzene rings is 2. The van der Waals surface area contributed by atoms with Crippen molar-refractivity contribution in [3.05, 3.63) is 59.7 Å². The Balaban J connectivity index is 1.93. The van der Waals surface area contributed by atoms with Crippen LogP contribution in [0.3, 0.4) is 0 Å². The second-order valence-electron chi connectivity index (χ2n) is 6.09. The molecule has 0 heterocycles. The average molecular weight is 341 g/mol. The van der Waals surface area contributed by atoms with Crippen LogP contribution in [0.1, 0.15) is 17.5 Å². The molecule has 0 unspecified atom stereocenters. The van der Waals surface area contributed by atoms with Crippen LogP contribution in [-0.2, 0) is 19.7 Å². The van der Waals surface area contributed by atoms with Crippen LogP contribution in [-0.4, -0.2) is 24.2 Å². The number of aryl methyl sites for hydroxylation is 1. The maximum atomic E-state index is 12.3. The first-order chi connectivity index (χ1) is 12.0. The lowest BCUT2D eigenvalue weighted by atomic mass is 9.92. The molecular formula is C19H19NO5. The summed E-state index contributed by atoms with van der Waals surface area (Å²) in [5, 5.41) is 8.88. The van der Waals surface area contributed by atoms with Gasteiger partial charge in [-0.2, -0.15) is 0 Å². The molecule has 1 amide bonds. The Morgan fingerprint density at radius 2 is 1.96 bits per heavy atom. The van der Waals surface area contributed by atoms with Gasteiger partial charge in [-0.15, -0.1) is 0 Å². The summed E-state index contributed by atoms with van der Waals surface area (Å²) < 4.78 is 10.8. The van der Waals surface area contributed by atoms with Gasteiger partial charge in [0.2, 0.25) is 5.91 Å². The molecule has 130 valence electrons. The molecule has 2 N–H and O–H groups in total. The molecule has 2 aromatic rings. The molecule has 6 nitrogen and oxygen atoms in total. The molecule has 2 atom stereocenters. The van der Waals surface area contributed by atoms with Gasteiger partial charge in [0.15, 0.2) is 0 Å². The summed E-state index contributed by atoms with van der Waals surface area (Å²) in [5.74, 6) is -0.499. The summed E-state index contributed by atoms with van der Waals surface area (Å²) in [4.78, 5) is 24.1. The molecule has 1 aliphatic carbocycles. The lowest BCUT2D eigenvalue weighted by Crippen LogP contribution is -2.31. The van der Waals surface area contributed by atoms with Gasteiger partial charge >= 0.3 is 5.97 Å². The van der Waals surface area contributed by atoms with E-state index in [2.05, 4.69) is 0 Å². The molecule has 1 aliphatic rings. The van der Waals surface area contributed by atoms with E-state index in [0.717, 1.165) is 5.56 Å². The molecule has 0 aromatic heterocycles. The van der Waals surface area contributed by atoms with Crippen LogP contribution in [0.5, 0.6) is 11.5 Å². The Hall–Kier alpha value is -2.86. The fourth-order valence-corrected chi connectivity index (χ4v) is 3.14. The third kappa shape index (κ3) is 2.96. The van der Waals surface area contributed by atoms with Crippen molar-refractivity contribution < 1.29 is 24.3 Å². The zero-order valence-electron chi connectivity index (χ0n) is 14.0. The van der Waals surface area contributed by atoms with E-state index in [4.69, 9.17) is 14.7 Å². The highest BCUT2D eigenvalue weighted by atomic mass is 16.5. The van der Waals surface area contributed by atoms with E-state index in [1.807, 2.05) is 31.2 Å². The Kier molecular flexibility index (Phi) is 4.46.